The highest BCUT2D eigenvalue weighted by atomic mass is 32.2. The predicted molar refractivity (Wildman–Crippen MR) is 43.5 cm³/mol. The molecule has 0 radical (unpaired) electrons. The van der Waals surface area contributed by atoms with Crippen molar-refractivity contribution >= 4 is 22.2 Å². The van der Waals surface area contributed by atoms with Crippen LogP contribution in [0.25, 0.3) is 0 Å². The Labute approximate surface area is 72.0 Å². The van der Waals surface area contributed by atoms with E-state index in [0.29, 0.717) is 5.75 Å². The molecule has 0 fully saturated rings. The van der Waals surface area contributed by atoms with Gasteiger partial charge in [-0.3, -0.25) is 8.42 Å². The first-order valence-electron chi connectivity index (χ1n) is 3.07. The molecule has 11 heavy (non-hydrogen) atoms. The summed E-state index contributed by atoms with van der Waals surface area (Å²) in [5.74, 6) is 0.316. The number of hydrogen-bond donors (Lipinski definition) is 0. The minimum absolute atomic E-state index is 0.316. The van der Waals surface area contributed by atoms with E-state index in [2.05, 4.69) is 0 Å². The van der Waals surface area contributed by atoms with Crippen molar-refractivity contribution in [3.8, 4) is 0 Å². The quantitative estimate of drug-likeness (QED) is 0.608. The Bertz CT molecular complexity index is 122. The topological polar surface area (TPSA) is 80.3 Å². The van der Waals surface area contributed by atoms with Gasteiger partial charge in [0, 0.05) is 5.75 Å². The van der Waals surface area contributed by atoms with Crippen LogP contribution in [0.3, 0.4) is 0 Å². The van der Waals surface area contributed by atoms with E-state index >= 15 is 0 Å². The summed E-state index contributed by atoms with van der Waals surface area (Å²) in [6.45, 7) is 1.97. The highest BCUT2D eigenvalue weighted by Crippen LogP contribution is 1.86. The molecular formula is C5H12O4S2-2. The molecule has 6 heteroatoms. The molecule has 0 aromatic rings. The summed E-state index contributed by atoms with van der Waals surface area (Å²) in [4.78, 5) is 0. The number of rotatable bonds is 3. The van der Waals surface area contributed by atoms with Gasteiger partial charge in [-0.1, -0.05) is 35.5 Å². The van der Waals surface area contributed by atoms with Crippen molar-refractivity contribution in [3.05, 3.63) is 0 Å². The van der Waals surface area contributed by atoms with Gasteiger partial charge in [0.1, 0.15) is 0 Å². The highest BCUT2D eigenvalue weighted by Gasteiger charge is 1.79. The maximum Gasteiger partial charge on any atom is 0.0101 e. The minimum Gasteiger partial charge on any atom is -0.773 e. The zero-order valence-corrected chi connectivity index (χ0v) is 8.20. The van der Waals surface area contributed by atoms with Gasteiger partial charge in [-0.2, -0.15) is 0 Å². The van der Waals surface area contributed by atoms with E-state index in [1.165, 1.54) is 0 Å². The van der Waals surface area contributed by atoms with Gasteiger partial charge in [0.15, 0.2) is 0 Å². The van der Waals surface area contributed by atoms with Crippen LogP contribution in [0.5, 0.6) is 0 Å². The average molecular weight is 200 g/mol. The van der Waals surface area contributed by atoms with E-state index in [1.54, 1.807) is 0 Å². The standard InChI is InChI=1S/C4H10O2S.CH4O2S/c1-2-3-4-7(5)6;1-4(2)3/h2-4H2,1H3,(H,5,6);1H3,(H,2,3)/p-2. The molecule has 0 N–H and O–H groups in total. The molecule has 2 unspecified atom stereocenters. The fourth-order valence-corrected chi connectivity index (χ4v) is 0.787. The Morgan fingerprint density at radius 3 is 1.73 bits per heavy atom. The van der Waals surface area contributed by atoms with E-state index in [9.17, 15) is 8.76 Å². The van der Waals surface area contributed by atoms with E-state index in [0.717, 1.165) is 19.1 Å². The minimum atomic E-state index is -1.86. The summed E-state index contributed by atoms with van der Waals surface area (Å²) in [6.07, 6.45) is 2.82. The zero-order chi connectivity index (χ0) is 9.28. The molecule has 2 atom stereocenters. The van der Waals surface area contributed by atoms with Crippen molar-refractivity contribution < 1.29 is 17.5 Å². The Morgan fingerprint density at radius 1 is 1.27 bits per heavy atom. The highest BCUT2D eigenvalue weighted by molar-refractivity contribution is 7.79. The van der Waals surface area contributed by atoms with Crippen LogP contribution >= 0.6 is 0 Å². The Hall–Kier alpha value is 0.220. The van der Waals surface area contributed by atoms with Gasteiger partial charge in [0.2, 0.25) is 0 Å². The van der Waals surface area contributed by atoms with Crippen molar-refractivity contribution in [3.63, 3.8) is 0 Å². The van der Waals surface area contributed by atoms with E-state index in [-0.39, 0.29) is 0 Å². The molecular weight excluding hydrogens is 188 g/mol. The largest absolute Gasteiger partial charge is 0.773 e. The summed E-state index contributed by atoms with van der Waals surface area (Å²) in [6, 6.07) is 0. The van der Waals surface area contributed by atoms with Gasteiger partial charge in [0.05, 0.1) is 0 Å². The maximum atomic E-state index is 9.76. The molecule has 0 aromatic heterocycles. The van der Waals surface area contributed by atoms with Crippen molar-refractivity contribution in [2.75, 3.05) is 12.0 Å². The number of hydrogen-bond acceptors (Lipinski definition) is 4. The summed E-state index contributed by atoms with van der Waals surface area (Å²) in [5.41, 5.74) is 0. The molecule has 0 aliphatic carbocycles. The Morgan fingerprint density at radius 2 is 1.64 bits per heavy atom. The van der Waals surface area contributed by atoms with Gasteiger partial charge in [0.25, 0.3) is 0 Å². The first-order valence-corrected chi connectivity index (χ1v) is 5.80. The SMILES string of the molecule is CCCCS(=O)[O-].CS(=O)[O-]. The van der Waals surface area contributed by atoms with E-state index in [1.807, 2.05) is 6.92 Å². The third-order valence-corrected chi connectivity index (χ3v) is 1.29. The molecule has 70 valence electrons. The lowest BCUT2D eigenvalue weighted by atomic mass is 10.4. The zero-order valence-electron chi connectivity index (χ0n) is 6.57. The molecule has 0 spiro atoms. The lowest BCUT2D eigenvalue weighted by Crippen LogP contribution is -1.92. The van der Waals surface area contributed by atoms with Crippen molar-refractivity contribution in [2.45, 2.75) is 19.8 Å². The normalized spacial score (nSPS) is 14.5. The molecule has 0 aromatic carbocycles. The predicted octanol–water partition coefficient (Wildman–Crippen LogP) is 0.161. The molecule has 0 aliphatic heterocycles. The molecule has 4 nitrogen and oxygen atoms in total. The van der Waals surface area contributed by atoms with Gasteiger partial charge in [-0.15, -0.1) is 0 Å². The van der Waals surface area contributed by atoms with Gasteiger partial charge in [-0.25, -0.2) is 0 Å². The van der Waals surface area contributed by atoms with Crippen LogP contribution in [-0.4, -0.2) is 29.5 Å². The van der Waals surface area contributed by atoms with Crippen LogP contribution in [0.4, 0.5) is 0 Å². The summed E-state index contributed by atoms with van der Waals surface area (Å²) in [7, 11) is 0. The van der Waals surface area contributed by atoms with Gasteiger partial charge < -0.3 is 9.11 Å². The van der Waals surface area contributed by atoms with Gasteiger partial charge >= 0.3 is 0 Å². The summed E-state index contributed by atoms with van der Waals surface area (Å²) in [5, 5.41) is 0. The van der Waals surface area contributed by atoms with E-state index < -0.39 is 22.2 Å². The third kappa shape index (κ3) is 38.8. The van der Waals surface area contributed by atoms with Crippen molar-refractivity contribution in [2.24, 2.45) is 0 Å². The molecule has 0 heterocycles. The summed E-state index contributed by atoms with van der Waals surface area (Å²) < 4.78 is 37.5. The van der Waals surface area contributed by atoms with E-state index in [4.69, 9.17) is 8.76 Å². The van der Waals surface area contributed by atoms with Crippen LogP contribution in [0.1, 0.15) is 19.8 Å². The molecule has 0 rings (SSSR count). The fraction of sp³-hybridized carbons (Fsp3) is 1.00. The van der Waals surface area contributed by atoms with Crippen LogP contribution in [0.2, 0.25) is 0 Å². The molecule has 0 aliphatic rings. The Kier molecular flexibility index (Phi) is 12.8. The average Bonchev–Trinajstić information content (AvgIpc) is 1.82. The smallest absolute Gasteiger partial charge is 0.0101 e. The first kappa shape index (κ1) is 13.8. The van der Waals surface area contributed by atoms with Crippen LogP contribution in [-0.2, 0) is 22.2 Å². The lowest BCUT2D eigenvalue weighted by molar-refractivity contribution is 0.534. The third-order valence-electron chi connectivity index (χ3n) is 0.665. The molecule has 0 saturated heterocycles. The monoisotopic (exact) mass is 200 g/mol. The second kappa shape index (κ2) is 10.2. The molecule has 0 amide bonds. The maximum absolute atomic E-state index is 9.76. The first-order chi connectivity index (χ1) is 5.00. The van der Waals surface area contributed by atoms with Crippen molar-refractivity contribution in [1.82, 2.24) is 0 Å². The lowest BCUT2D eigenvalue weighted by Gasteiger charge is -1.99. The number of unbranched alkanes of at least 4 members (excludes halogenated alkanes) is 1. The van der Waals surface area contributed by atoms with Gasteiger partial charge in [-0.05, 0) is 12.7 Å². The van der Waals surface area contributed by atoms with Crippen LogP contribution in [0, 0.1) is 0 Å². The Balaban J connectivity index is 0. The molecule has 0 saturated carbocycles. The van der Waals surface area contributed by atoms with Crippen LogP contribution < -0.4 is 0 Å². The van der Waals surface area contributed by atoms with Crippen molar-refractivity contribution in [1.29, 1.82) is 0 Å². The molecule has 0 bridgehead atoms. The van der Waals surface area contributed by atoms with Crippen LogP contribution in [0.15, 0.2) is 0 Å². The summed E-state index contributed by atoms with van der Waals surface area (Å²) >= 11 is -3.68. The second-order valence-corrected chi connectivity index (χ2v) is 3.58. The second-order valence-electron chi connectivity index (χ2n) is 1.76. The fourth-order valence-electron chi connectivity index (χ4n) is 0.262.